The summed E-state index contributed by atoms with van der Waals surface area (Å²) in [6.07, 6.45) is 1.60. The van der Waals surface area contributed by atoms with E-state index in [9.17, 15) is 4.79 Å². The molecule has 0 atom stereocenters. The van der Waals surface area contributed by atoms with E-state index in [4.69, 9.17) is 0 Å². The van der Waals surface area contributed by atoms with E-state index < -0.39 is 0 Å². The summed E-state index contributed by atoms with van der Waals surface area (Å²) in [6.45, 7) is 0. The summed E-state index contributed by atoms with van der Waals surface area (Å²) in [5.41, 5.74) is 1.21. The summed E-state index contributed by atoms with van der Waals surface area (Å²) in [6, 6.07) is 3.14. The summed E-state index contributed by atoms with van der Waals surface area (Å²) < 4.78 is 2.09. The van der Waals surface area contributed by atoms with E-state index in [1.165, 1.54) is 10.6 Å². The largest absolute Gasteiger partial charge is 0.295 e. The Morgan fingerprint density at radius 1 is 1.46 bits per heavy atom. The number of rotatable bonds is 0. The lowest BCUT2D eigenvalue weighted by atomic mass is 10.4. The van der Waals surface area contributed by atoms with Crippen molar-refractivity contribution in [1.29, 1.82) is 0 Å². The maximum atomic E-state index is 11.2. The molecule has 0 aliphatic rings. The van der Waals surface area contributed by atoms with Crippen LogP contribution in [-0.2, 0) is 7.05 Å². The second-order valence-electron chi connectivity index (χ2n) is 2.63. The topological polar surface area (TPSA) is 47.8 Å². The average molecular weight is 240 g/mol. The third-order valence-electron chi connectivity index (χ3n) is 1.78. The number of halogens is 1. The smallest absolute Gasteiger partial charge is 0.252 e. The quantitative estimate of drug-likeness (QED) is 0.692. The number of nitrogens with zero attached hydrogens (tertiary/aromatic N) is 3. The Kier molecular flexibility index (Phi) is 1.88. The molecule has 0 saturated heterocycles. The van der Waals surface area contributed by atoms with Crippen molar-refractivity contribution in [1.82, 2.24) is 14.5 Å². The first-order valence-electron chi connectivity index (χ1n) is 3.67. The summed E-state index contributed by atoms with van der Waals surface area (Å²) in [5, 5.41) is 0. The number of hydrogen-bond acceptors (Lipinski definition) is 3. The molecule has 66 valence electrons. The molecule has 0 N–H and O–H groups in total. The van der Waals surface area contributed by atoms with Crippen molar-refractivity contribution in [2.45, 2.75) is 0 Å². The van der Waals surface area contributed by atoms with Gasteiger partial charge in [-0.3, -0.25) is 14.3 Å². The monoisotopic (exact) mass is 239 g/mol. The molecule has 0 aliphatic carbocycles. The number of fused-ring (bicyclic) bond motifs is 1. The highest BCUT2D eigenvalue weighted by Crippen LogP contribution is 2.09. The molecule has 0 radical (unpaired) electrons. The molecule has 4 nitrogen and oxygen atoms in total. The van der Waals surface area contributed by atoms with E-state index in [1.807, 2.05) is 0 Å². The van der Waals surface area contributed by atoms with Crippen molar-refractivity contribution in [3.8, 4) is 0 Å². The first kappa shape index (κ1) is 8.37. The van der Waals surface area contributed by atoms with Crippen LogP contribution in [0, 0.1) is 0 Å². The van der Waals surface area contributed by atoms with Crippen LogP contribution in [0.3, 0.4) is 0 Å². The lowest BCUT2D eigenvalue weighted by Gasteiger charge is -2.01. The van der Waals surface area contributed by atoms with Gasteiger partial charge in [0.1, 0.15) is 10.1 Å². The fourth-order valence-corrected chi connectivity index (χ4v) is 1.37. The number of hydrogen-bond donors (Lipinski definition) is 0. The predicted molar refractivity (Wildman–Crippen MR) is 52.5 cm³/mol. The number of pyridine rings is 1. The Labute approximate surface area is 82.4 Å². The van der Waals surface area contributed by atoms with Gasteiger partial charge >= 0.3 is 0 Å². The van der Waals surface area contributed by atoms with Crippen LogP contribution in [0.25, 0.3) is 11.2 Å². The van der Waals surface area contributed by atoms with Gasteiger partial charge in [0.25, 0.3) is 5.56 Å². The average Bonchev–Trinajstić information content (AvgIpc) is 2.12. The van der Waals surface area contributed by atoms with Crippen LogP contribution in [0.1, 0.15) is 0 Å². The minimum absolute atomic E-state index is 0.0834. The lowest BCUT2D eigenvalue weighted by molar-refractivity contribution is 0.881. The summed E-state index contributed by atoms with van der Waals surface area (Å²) in [5.74, 6) is 0. The molecule has 0 amide bonds. The first-order valence-corrected chi connectivity index (χ1v) is 4.46. The molecule has 2 aromatic heterocycles. The first-order chi connectivity index (χ1) is 6.18. The summed E-state index contributed by atoms with van der Waals surface area (Å²) in [7, 11) is 1.67. The Hall–Kier alpha value is -1.23. The Morgan fingerprint density at radius 3 is 3.00 bits per heavy atom. The van der Waals surface area contributed by atoms with Crippen LogP contribution in [-0.4, -0.2) is 14.5 Å². The molecule has 2 rings (SSSR count). The van der Waals surface area contributed by atoms with Gasteiger partial charge in [0.15, 0.2) is 5.65 Å². The Bertz CT molecular complexity index is 520. The molecule has 13 heavy (non-hydrogen) atoms. The molecule has 0 unspecified atom stereocenters. The summed E-state index contributed by atoms with van der Waals surface area (Å²) >= 11 is 3.20. The van der Waals surface area contributed by atoms with Gasteiger partial charge in [-0.2, -0.15) is 0 Å². The van der Waals surface area contributed by atoms with Crippen molar-refractivity contribution in [3.05, 3.63) is 33.3 Å². The highest BCUT2D eigenvalue weighted by molar-refractivity contribution is 9.10. The van der Waals surface area contributed by atoms with Crippen LogP contribution in [0.4, 0.5) is 0 Å². The second-order valence-corrected chi connectivity index (χ2v) is 3.44. The maximum absolute atomic E-state index is 11.2. The van der Waals surface area contributed by atoms with E-state index >= 15 is 0 Å². The SMILES string of the molecule is Cn1c(=O)ccc2ncc(Br)nc21. The van der Waals surface area contributed by atoms with Gasteiger partial charge in [-0.15, -0.1) is 0 Å². The van der Waals surface area contributed by atoms with E-state index in [1.54, 1.807) is 19.3 Å². The molecule has 0 bridgehead atoms. The molecular weight excluding hydrogens is 234 g/mol. The lowest BCUT2D eigenvalue weighted by Crippen LogP contribution is -2.16. The molecular formula is C8H6BrN3O. The minimum atomic E-state index is -0.0834. The van der Waals surface area contributed by atoms with E-state index in [-0.39, 0.29) is 5.56 Å². The molecule has 0 spiro atoms. The van der Waals surface area contributed by atoms with E-state index in [0.29, 0.717) is 15.8 Å². The van der Waals surface area contributed by atoms with Crippen molar-refractivity contribution < 1.29 is 0 Å². The number of aromatic nitrogens is 3. The van der Waals surface area contributed by atoms with Crippen LogP contribution in [0.15, 0.2) is 27.7 Å². The number of aryl methyl sites for hydroxylation is 1. The second kappa shape index (κ2) is 2.92. The molecule has 0 aromatic carbocycles. The third-order valence-corrected chi connectivity index (χ3v) is 2.17. The van der Waals surface area contributed by atoms with Gasteiger partial charge < -0.3 is 0 Å². The molecule has 2 aromatic rings. The minimum Gasteiger partial charge on any atom is -0.295 e. The Morgan fingerprint density at radius 2 is 2.23 bits per heavy atom. The fourth-order valence-electron chi connectivity index (χ4n) is 1.10. The third kappa shape index (κ3) is 1.35. The standard InChI is InChI=1S/C8H6BrN3O/c1-12-7(13)3-2-5-8(12)11-6(9)4-10-5/h2-4H,1H3. The molecule has 0 aliphatic heterocycles. The molecule has 0 fully saturated rings. The molecule has 5 heteroatoms. The highest BCUT2D eigenvalue weighted by atomic mass is 79.9. The van der Waals surface area contributed by atoms with Crippen molar-refractivity contribution in [2.24, 2.45) is 7.05 Å². The van der Waals surface area contributed by atoms with E-state index in [2.05, 4.69) is 25.9 Å². The van der Waals surface area contributed by atoms with Gasteiger partial charge in [-0.25, -0.2) is 4.98 Å². The highest BCUT2D eigenvalue weighted by Gasteiger charge is 2.01. The van der Waals surface area contributed by atoms with Gasteiger partial charge in [0, 0.05) is 13.1 Å². The van der Waals surface area contributed by atoms with Crippen LogP contribution in [0.2, 0.25) is 0 Å². The van der Waals surface area contributed by atoms with Crippen LogP contribution in [0.5, 0.6) is 0 Å². The fraction of sp³-hybridized carbons (Fsp3) is 0.125. The zero-order chi connectivity index (χ0) is 9.42. The van der Waals surface area contributed by atoms with E-state index in [0.717, 1.165) is 0 Å². The predicted octanol–water partition coefficient (Wildman–Crippen LogP) is 1.09. The Balaban J connectivity index is 2.97. The van der Waals surface area contributed by atoms with Gasteiger partial charge in [-0.05, 0) is 22.0 Å². The van der Waals surface area contributed by atoms with Gasteiger partial charge in [-0.1, -0.05) is 0 Å². The van der Waals surface area contributed by atoms with Crippen molar-refractivity contribution in [2.75, 3.05) is 0 Å². The normalized spacial score (nSPS) is 10.6. The van der Waals surface area contributed by atoms with Gasteiger partial charge in [0.2, 0.25) is 0 Å². The molecule has 0 saturated carbocycles. The van der Waals surface area contributed by atoms with Gasteiger partial charge in [0.05, 0.1) is 6.20 Å². The van der Waals surface area contributed by atoms with Crippen molar-refractivity contribution >= 4 is 27.1 Å². The summed E-state index contributed by atoms with van der Waals surface area (Å²) in [4.78, 5) is 19.5. The van der Waals surface area contributed by atoms with Crippen LogP contribution < -0.4 is 5.56 Å². The zero-order valence-corrected chi connectivity index (χ0v) is 8.45. The zero-order valence-electron chi connectivity index (χ0n) is 6.86. The molecule has 2 heterocycles. The van der Waals surface area contributed by atoms with Crippen LogP contribution >= 0.6 is 15.9 Å². The maximum Gasteiger partial charge on any atom is 0.252 e. The van der Waals surface area contributed by atoms with Crippen molar-refractivity contribution in [3.63, 3.8) is 0 Å².